The third-order valence-corrected chi connectivity index (χ3v) is 6.47. The third-order valence-electron chi connectivity index (χ3n) is 4.63. The molecular formula is C16H22BrFN2S. The van der Waals surface area contributed by atoms with Gasteiger partial charge < -0.3 is 0 Å². The Morgan fingerprint density at radius 3 is 2.76 bits per heavy atom. The minimum Gasteiger partial charge on any atom is -0.298 e. The lowest BCUT2D eigenvalue weighted by Gasteiger charge is -2.27. The van der Waals surface area contributed by atoms with E-state index < -0.39 is 0 Å². The molecule has 2 nitrogen and oxygen atoms in total. The minimum absolute atomic E-state index is 0.148. The number of thioether (sulfide) groups is 1. The Kier molecular flexibility index (Phi) is 5.25. The van der Waals surface area contributed by atoms with Gasteiger partial charge in [0.05, 0.1) is 0 Å². The first-order valence-electron chi connectivity index (χ1n) is 7.60. The zero-order valence-electron chi connectivity index (χ0n) is 12.4. The summed E-state index contributed by atoms with van der Waals surface area (Å²) in [6.45, 7) is 5.54. The van der Waals surface area contributed by atoms with E-state index >= 15 is 0 Å². The quantitative estimate of drug-likeness (QED) is 0.796. The van der Waals surface area contributed by atoms with E-state index in [2.05, 4.69) is 32.0 Å². The molecule has 2 aliphatic heterocycles. The van der Waals surface area contributed by atoms with Crippen molar-refractivity contribution in [3.05, 3.63) is 34.1 Å². The summed E-state index contributed by atoms with van der Waals surface area (Å²) in [4.78, 5) is 5.13. The number of nitrogens with zero attached hydrogens (tertiary/aromatic N) is 2. The van der Waals surface area contributed by atoms with E-state index in [1.807, 2.05) is 17.8 Å². The summed E-state index contributed by atoms with van der Waals surface area (Å²) in [6.07, 6.45) is 4.90. The molecule has 0 aromatic heterocycles. The van der Waals surface area contributed by atoms with Crippen LogP contribution >= 0.6 is 27.7 Å². The van der Waals surface area contributed by atoms with Gasteiger partial charge in [-0.3, -0.25) is 9.80 Å². The topological polar surface area (TPSA) is 6.48 Å². The van der Waals surface area contributed by atoms with E-state index in [1.165, 1.54) is 32.0 Å². The fourth-order valence-corrected chi connectivity index (χ4v) is 4.83. The van der Waals surface area contributed by atoms with Crippen LogP contribution in [0.15, 0.2) is 22.7 Å². The Labute approximate surface area is 139 Å². The van der Waals surface area contributed by atoms with Gasteiger partial charge in [-0.05, 0) is 55.9 Å². The summed E-state index contributed by atoms with van der Waals surface area (Å²) in [5, 5.41) is 0.676. The van der Waals surface area contributed by atoms with Crippen molar-refractivity contribution in [2.45, 2.75) is 30.7 Å². The Morgan fingerprint density at radius 2 is 2.05 bits per heavy atom. The van der Waals surface area contributed by atoms with Crippen LogP contribution in [-0.4, -0.2) is 53.5 Å². The van der Waals surface area contributed by atoms with Crippen LogP contribution in [0.4, 0.5) is 4.39 Å². The molecule has 0 bridgehead atoms. The van der Waals surface area contributed by atoms with Crippen LogP contribution in [0.3, 0.4) is 0 Å². The average Bonchev–Trinajstić information content (AvgIpc) is 3.11. The van der Waals surface area contributed by atoms with Crippen molar-refractivity contribution in [3.8, 4) is 0 Å². The van der Waals surface area contributed by atoms with Crippen molar-refractivity contribution in [3.63, 3.8) is 0 Å². The SMILES string of the molecule is CS[C@H]1CN(Cc2cc(F)ccc2Br)C[C@@H]1N1CCCC1. The molecule has 116 valence electrons. The molecule has 0 amide bonds. The lowest BCUT2D eigenvalue weighted by atomic mass is 10.2. The van der Waals surface area contributed by atoms with E-state index in [0.717, 1.165) is 29.7 Å². The van der Waals surface area contributed by atoms with E-state index in [9.17, 15) is 4.39 Å². The first-order valence-corrected chi connectivity index (χ1v) is 9.68. The maximum absolute atomic E-state index is 13.4. The summed E-state index contributed by atoms with van der Waals surface area (Å²) in [5.41, 5.74) is 1.05. The second-order valence-corrected chi connectivity index (χ2v) is 7.95. The highest BCUT2D eigenvalue weighted by Gasteiger charge is 2.37. The van der Waals surface area contributed by atoms with Crippen molar-refractivity contribution in [1.82, 2.24) is 9.80 Å². The van der Waals surface area contributed by atoms with Crippen LogP contribution in [0, 0.1) is 5.82 Å². The van der Waals surface area contributed by atoms with E-state index in [0.29, 0.717) is 11.3 Å². The number of benzene rings is 1. The summed E-state index contributed by atoms with van der Waals surface area (Å²) >= 11 is 5.52. The zero-order valence-corrected chi connectivity index (χ0v) is 14.8. The van der Waals surface area contributed by atoms with Gasteiger partial charge in [0.2, 0.25) is 0 Å². The molecule has 0 unspecified atom stereocenters. The third kappa shape index (κ3) is 3.63. The first kappa shape index (κ1) is 15.8. The Balaban J connectivity index is 1.68. The maximum atomic E-state index is 13.4. The lowest BCUT2D eigenvalue weighted by molar-refractivity contribution is 0.231. The maximum Gasteiger partial charge on any atom is 0.123 e. The number of hydrogen-bond acceptors (Lipinski definition) is 3. The molecule has 5 heteroatoms. The van der Waals surface area contributed by atoms with Gasteiger partial charge >= 0.3 is 0 Å². The summed E-state index contributed by atoms with van der Waals surface area (Å²) in [7, 11) is 0. The van der Waals surface area contributed by atoms with Crippen molar-refractivity contribution in [2.75, 3.05) is 32.4 Å². The second kappa shape index (κ2) is 6.99. The molecule has 21 heavy (non-hydrogen) atoms. The Morgan fingerprint density at radius 1 is 1.29 bits per heavy atom. The molecular weight excluding hydrogens is 351 g/mol. The van der Waals surface area contributed by atoms with E-state index in [1.54, 1.807) is 6.07 Å². The van der Waals surface area contributed by atoms with Gasteiger partial charge in [0.15, 0.2) is 0 Å². The Hall–Kier alpha value is -0.100. The summed E-state index contributed by atoms with van der Waals surface area (Å²) in [6, 6.07) is 5.64. The number of rotatable bonds is 4. The highest BCUT2D eigenvalue weighted by molar-refractivity contribution is 9.10. The molecule has 0 saturated carbocycles. The molecule has 1 aromatic rings. The van der Waals surface area contributed by atoms with E-state index in [4.69, 9.17) is 0 Å². The van der Waals surface area contributed by atoms with Crippen LogP contribution in [-0.2, 0) is 6.54 Å². The predicted octanol–water partition coefficient (Wildman–Crippen LogP) is 3.60. The number of hydrogen-bond donors (Lipinski definition) is 0. The van der Waals surface area contributed by atoms with Crippen molar-refractivity contribution < 1.29 is 4.39 Å². The fraction of sp³-hybridized carbons (Fsp3) is 0.625. The zero-order chi connectivity index (χ0) is 14.8. The molecule has 3 rings (SSSR count). The van der Waals surface area contributed by atoms with Crippen molar-refractivity contribution in [1.29, 1.82) is 0 Å². The smallest absolute Gasteiger partial charge is 0.123 e. The molecule has 0 radical (unpaired) electrons. The van der Waals surface area contributed by atoms with E-state index in [-0.39, 0.29) is 5.82 Å². The highest BCUT2D eigenvalue weighted by atomic mass is 79.9. The lowest BCUT2D eigenvalue weighted by Crippen LogP contribution is -2.40. The fourth-order valence-electron chi connectivity index (χ4n) is 3.52. The molecule has 0 spiro atoms. The van der Waals surface area contributed by atoms with Gasteiger partial charge in [0.25, 0.3) is 0 Å². The number of halogens is 2. The van der Waals surface area contributed by atoms with Gasteiger partial charge in [0.1, 0.15) is 5.82 Å². The highest BCUT2D eigenvalue weighted by Crippen LogP contribution is 2.30. The largest absolute Gasteiger partial charge is 0.298 e. The van der Waals surface area contributed by atoms with Crippen LogP contribution < -0.4 is 0 Å². The van der Waals surface area contributed by atoms with Gasteiger partial charge in [-0.25, -0.2) is 4.39 Å². The molecule has 2 aliphatic rings. The van der Waals surface area contributed by atoms with Gasteiger partial charge in [-0.2, -0.15) is 11.8 Å². The standard InChI is InChI=1S/C16H22BrFN2S/c1-21-16-11-19(10-15(16)20-6-2-3-7-20)9-12-8-13(18)4-5-14(12)17/h4-5,8,15-16H,2-3,6-7,9-11H2,1H3/t15-,16-/m0/s1. The van der Waals surface area contributed by atoms with Gasteiger partial charge in [0, 0.05) is 35.4 Å². The molecule has 0 N–H and O–H groups in total. The predicted molar refractivity (Wildman–Crippen MR) is 91.3 cm³/mol. The van der Waals surface area contributed by atoms with Crippen LogP contribution in [0.5, 0.6) is 0 Å². The molecule has 0 aliphatic carbocycles. The van der Waals surface area contributed by atoms with Crippen LogP contribution in [0.25, 0.3) is 0 Å². The summed E-state index contributed by atoms with van der Waals surface area (Å²) < 4.78 is 14.4. The molecule has 2 heterocycles. The molecule has 1 aromatic carbocycles. The number of likely N-dealkylation sites (tertiary alicyclic amines) is 2. The van der Waals surface area contributed by atoms with Crippen molar-refractivity contribution in [2.24, 2.45) is 0 Å². The second-order valence-electron chi connectivity index (χ2n) is 6.01. The van der Waals surface area contributed by atoms with Crippen LogP contribution in [0.1, 0.15) is 18.4 Å². The average molecular weight is 373 g/mol. The molecule has 2 saturated heterocycles. The Bertz CT molecular complexity index is 493. The molecule has 2 atom stereocenters. The first-order chi connectivity index (χ1) is 10.2. The van der Waals surface area contributed by atoms with Crippen molar-refractivity contribution >= 4 is 27.7 Å². The normalized spacial score (nSPS) is 27.6. The van der Waals surface area contributed by atoms with Gasteiger partial charge in [-0.1, -0.05) is 15.9 Å². The molecule has 2 fully saturated rings. The monoisotopic (exact) mass is 372 g/mol. The minimum atomic E-state index is -0.148. The van der Waals surface area contributed by atoms with Crippen LogP contribution in [0.2, 0.25) is 0 Å². The summed E-state index contributed by atoms with van der Waals surface area (Å²) in [5.74, 6) is -0.148. The van der Waals surface area contributed by atoms with Gasteiger partial charge in [-0.15, -0.1) is 0 Å².